The molecule has 3 N–H and O–H groups in total. The average molecular weight is 219 g/mol. The van der Waals surface area contributed by atoms with E-state index >= 15 is 0 Å². The van der Waals surface area contributed by atoms with E-state index < -0.39 is 11.9 Å². The number of rotatable bonds is 2. The largest absolute Gasteiger partial charge is 1.00 e. The minimum atomic E-state index is -1.13. The Morgan fingerprint density at radius 3 is 1.87 bits per heavy atom. The second kappa shape index (κ2) is 9.67. The van der Waals surface area contributed by atoms with Crippen LogP contribution in [0.1, 0.15) is 10.4 Å². The van der Waals surface area contributed by atoms with Gasteiger partial charge in [0.25, 0.3) is 0 Å². The molecule has 0 aromatic heterocycles. The molecule has 0 saturated heterocycles. The number of benzene rings is 1. The smallest absolute Gasteiger partial charge is 0.545 e. The van der Waals surface area contributed by atoms with Gasteiger partial charge in [0.15, 0.2) is 0 Å². The van der Waals surface area contributed by atoms with Crippen molar-refractivity contribution in [2.24, 2.45) is 5.73 Å². The van der Waals surface area contributed by atoms with Gasteiger partial charge in [-0.15, -0.1) is 0 Å². The molecular formula is C9H10NNaO4. The Bertz CT molecular complexity index is 302. The van der Waals surface area contributed by atoms with Crippen LogP contribution in [0, 0.1) is 0 Å². The van der Waals surface area contributed by atoms with E-state index in [9.17, 15) is 14.7 Å². The number of hydrogen-bond donors (Lipinski definition) is 2. The van der Waals surface area contributed by atoms with Crippen molar-refractivity contribution in [3.8, 4) is 0 Å². The summed E-state index contributed by atoms with van der Waals surface area (Å²) in [5.74, 6) is -2.10. The number of aromatic carboxylic acids is 1. The number of carbonyl (C=O) groups is 2. The predicted octanol–water partition coefficient (Wildman–Crippen LogP) is -3.92. The molecule has 0 aliphatic carbocycles. The standard InChI is InChI=1S/C7H6O2.C2H5NO2.Na/c8-7(9)6-4-2-1-3-5-6;3-1-2(4)5;/h1-5H,(H,8,9);1,3H2,(H,4,5);/q;;+1/p-1. The zero-order chi connectivity index (χ0) is 11.0. The van der Waals surface area contributed by atoms with Gasteiger partial charge in [0.05, 0.1) is 12.5 Å². The van der Waals surface area contributed by atoms with Gasteiger partial charge in [0.1, 0.15) is 0 Å². The molecular weight excluding hydrogens is 209 g/mol. The molecule has 0 amide bonds. The van der Waals surface area contributed by atoms with E-state index in [4.69, 9.17) is 5.11 Å². The average Bonchev–Trinajstić information content (AvgIpc) is 2.20. The van der Waals surface area contributed by atoms with Gasteiger partial charge >= 0.3 is 35.5 Å². The molecule has 15 heavy (non-hydrogen) atoms. The van der Waals surface area contributed by atoms with Crippen LogP contribution < -0.4 is 40.4 Å². The minimum Gasteiger partial charge on any atom is -0.545 e. The SMILES string of the molecule is NCC(=O)O.O=C([O-])c1ccccc1.[Na+]. The van der Waals surface area contributed by atoms with Gasteiger partial charge in [-0.3, -0.25) is 4.79 Å². The molecule has 6 heteroatoms. The van der Waals surface area contributed by atoms with Gasteiger partial charge in [0.2, 0.25) is 0 Å². The van der Waals surface area contributed by atoms with Crippen LogP contribution in [0.2, 0.25) is 0 Å². The fourth-order valence-corrected chi connectivity index (χ4v) is 0.574. The number of carboxylic acid groups (broad SMARTS) is 2. The molecule has 5 nitrogen and oxygen atoms in total. The van der Waals surface area contributed by atoms with Crippen molar-refractivity contribution in [1.29, 1.82) is 0 Å². The van der Waals surface area contributed by atoms with Gasteiger partial charge in [-0.1, -0.05) is 30.3 Å². The molecule has 1 rings (SSSR count). The number of nitrogens with two attached hydrogens (primary N) is 1. The molecule has 1 aromatic carbocycles. The summed E-state index contributed by atoms with van der Waals surface area (Å²) in [6, 6.07) is 8.06. The van der Waals surface area contributed by atoms with Crippen molar-refractivity contribution >= 4 is 11.9 Å². The van der Waals surface area contributed by atoms with Crippen LogP contribution >= 0.6 is 0 Å². The zero-order valence-corrected chi connectivity index (χ0v) is 10.3. The molecule has 0 saturated carbocycles. The van der Waals surface area contributed by atoms with Crippen LogP contribution in [-0.2, 0) is 4.79 Å². The van der Waals surface area contributed by atoms with Crippen molar-refractivity contribution in [2.75, 3.05) is 6.54 Å². The summed E-state index contributed by atoms with van der Waals surface area (Å²) >= 11 is 0. The maximum absolute atomic E-state index is 10.1. The minimum absolute atomic E-state index is 0. The first-order valence-electron chi connectivity index (χ1n) is 3.76. The Labute approximate surface area is 109 Å². The zero-order valence-electron chi connectivity index (χ0n) is 8.34. The Hall–Kier alpha value is -0.880. The van der Waals surface area contributed by atoms with Crippen molar-refractivity contribution in [3.05, 3.63) is 35.9 Å². The van der Waals surface area contributed by atoms with E-state index in [1.807, 2.05) is 0 Å². The van der Waals surface area contributed by atoms with Gasteiger partial charge in [0, 0.05) is 0 Å². The molecule has 0 radical (unpaired) electrons. The third-order valence-electron chi connectivity index (χ3n) is 1.18. The summed E-state index contributed by atoms with van der Waals surface area (Å²) in [6.07, 6.45) is 0. The topological polar surface area (TPSA) is 103 Å². The molecule has 0 bridgehead atoms. The quantitative estimate of drug-likeness (QED) is 0.494. The molecule has 76 valence electrons. The second-order valence-electron chi connectivity index (χ2n) is 2.25. The third kappa shape index (κ3) is 9.42. The number of aliphatic carboxylic acids is 1. The van der Waals surface area contributed by atoms with Crippen molar-refractivity contribution < 1.29 is 49.4 Å². The van der Waals surface area contributed by atoms with E-state index in [-0.39, 0.29) is 41.7 Å². The molecule has 0 aliphatic heterocycles. The molecule has 1 aromatic rings. The molecule has 0 heterocycles. The Morgan fingerprint density at radius 1 is 1.27 bits per heavy atom. The predicted molar refractivity (Wildman–Crippen MR) is 47.5 cm³/mol. The van der Waals surface area contributed by atoms with E-state index in [1.54, 1.807) is 18.2 Å². The summed E-state index contributed by atoms with van der Waals surface area (Å²) in [6.45, 7) is -0.278. The van der Waals surface area contributed by atoms with Crippen LogP contribution in [0.4, 0.5) is 0 Å². The maximum Gasteiger partial charge on any atom is 1.00 e. The van der Waals surface area contributed by atoms with Crippen molar-refractivity contribution in [3.63, 3.8) is 0 Å². The van der Waals surface area contributed by atoms with E-state index in [1.165, 1.54) is 12.1 Å². The van der Waals surface area contributed by atoms with Crippen LogP contribution in [-0.4, -0.2) is 23.6 Å². The van der Waals surface area contributed by atoms with E-state index in [0.29, 0.717) is 0 Å². The Balaban J connectivity index is 0. The summed E-state index contributed by atoms with van der Waals surface area (Å²) in [5.41, 5.74) is 4.79. The second-order valence-corrected chi connectivity index (χ2v) is 2.25. The first kappa shape index (κ1) is 16.5. The molecule has 0 unspecified atom stereocenters. The Kier molecular flexibility index (Phi) is 10.7. The van der Waals surface area contributed by atoms with Crippen LogP contribution in [0.5, 0.6) is 0 Å². The summed E-state index contributed by atoms with van der Waals surface area (Å²) in [5, 5.41) is 17.7. The van der Waals surface area contributed by atoms with Crippen LogP contribution in [0.15, 0.2) is 30.3 Å². The number of hydrogen-bond acceptors (Lipinski definition) is 4. The van der Waals surface area contributed by atoms with Gasteiger partial charge in [-0.25, -0.2) is 0 Å². The van der Waals surface area contributed by atoms with Crippen molar-refractivity contribution in [1.82, 2.24) is 0 Å². The summed E-state index contributed by atoms with van der Waals surface area (Å²) < 4.78 is 0. The number of carboxylic acids is 2. The first-order valence-corrected chi connectivity index (χ1v) is 3.76. The van der Waals surface area contributed by atoms with Crippen molar-refractivity contribution in [2.45, 2.75) is 0 Å². The monoisotopic (exact) mass is 219 g/mol. The fourth-order valence-electron chi connectivity index (χ4n) is 0.574. The molecule has 0 spiro atoms. The Morgan fingerprint density at radius 2 is 1.67 bits per heavy atom. The summed E-state index contributed by atoms with van der Waals surface area (Å²) in [4.78, 5) is 19.3. The fraction of sp³-hybridized carbons (Fsp3) is 0.111. The van der Waals surface area contributed by atoms with Crippen LogP contribution in [0.25, 0.3) is 0 Å². The summed E-state index contributed by atoms with van der Waals surface area (Å²) in [7, 11) is 0. The van der Waals surface area contributed by atoms with Gasteiger partial charge in [-0.2, -0.15) is 0 Å². The number of carbonyl (C=O) groups excluding carboxylic acids is 1. The normalized spacial score (nSPS) is 7.80. The molecule has 0 atom stereocenters. The van der Waals surface area contributed by atoms with Crippen LogP contribution in [0.3, 0.4) is 0 Å². The maximum atomic E-state index is 10.1. The third-order valence-corrected chi connectivity index (χ3v) is 1.18. The molecule has 0 aliphatic rings. The van der Waals surface area contributed by atoms with E-state index in [2.05, 4.69) is 5.73 Å². The van der Waals surface area contributed by atoms with Gasteiger partial charge < -0.3 is 20.7 Å². The van der Waals surface area contributed by atoms with E-state index in [0.717, 1.165) is 0 Å². The molecule has 0 fully saturated rings. The first-order chi connectivity index (χ1) is 6.57. The van der Waals surface area contributed by atoms with Gasteiger partial charge in [-0.05, 0) is 5.56 Å².